The highest BCUT2D eigenvalue weighted by molar-refractivity contribution is 6.11. The summed E-state index contributed by atoms with van der Waals surface area (Å²) in [7, 11) is 0. The fourth-order valence-electron chi connectivity index (χ4n) is 12.5. The van der Waals surface area contributed by atoms with Crippen molar-refractivity contribution in [2.75, 3.05) is 0 Å². The van der Waals surface area contributed by atoms with E-state index in [1.54, 1.807) is 0 Å². The molecule has 0 aliphatic rings. The second kappa shape index (κ2) is 22.6. The van der Waals surface area contributed by atoms with E-state index in [1.165, 1.54) is 5.56 Å². The van der Waals surface area contributed by atoms with Crippen LogP contribution in [0.2, 0.25) is 0 Å². The average molecular weight is 1140 g/mol. The van der Waals surface area contributed by atoms with Gasteiger partial charge < -0.3 is 4.74 Å². The molecular formula is C83H59N5O. The number of hydrogen-bond acceptors (Lipinski definition) is 3. The molecule has 0 radical (unpaired) electrons. The lowest BCUT2D eigenvalue weighted by Gasteiger charge is -2.20. The van der Waals surface area contributed by atoms with Crippen LogP contribution in [0, 0.1) is 17.7 Å². The molecule has 0 amide bonds. The van der Waals surface area contributed by atoms with Crippen molar-refractivity contribution >= 4 is 32.8 Å². The first-order valence-corrected chi connectivity index (χ1v) is 30.1. The predicted molar refractivity (Wildman–Crippen MR) is 364 cm³/mol. The summed E-state index contributed by atoms with van der Waals surface area (Å²) in [5.41, 5.74) is 22.4. The number of nitrogens with zero attached hydrogens (tertiary/aromatic N) is 5. The molecule has 15 aromatic rings. The van der Waals surface area contributed by atoms with E-state index >= 15 is 0 Å². The number of hydrogen-bond donors (Lipinski definition) is 0. The fourth-order valence-corrected chi connectivity index (χ4v) is 12.5. The first kappa shape index (κ1) is 54.0. The van der Waals surface area contributed by atoms with Crippen LogP contribution in [0.3, 0.4) is 0 Å². The Morgan fingerprint density at radius 3 is 1.46 bits per heavy atom. The minimum Gasteiger partial charge on any atom is -0.458 e. The minimum absolute atomic E-state index is 0.0930. The molecule has 0 unspecified atom stereocenters. The predicted octanol–water partition coefficient (Wildman–Crippen LogP) is 20.8. The van der Waals surface area contributed by atoms with Gasteiger partial charge in [-0.05, 0) is 180 Å². The van der Waals surface area contributed by atoms with Crippen LogP contribution >= 0.6 is 0 Å². The van der Waals surface area contributed by atoms with Crippen LogP contribution in [0.4, 0.5) is 0 Å². The standard InChI is InChI=1S/C83H59N5O/c1-83(2,3)69-40-41-85-81(51-69)88-77-39-36-62(57-22-9-4-10-23-57)50-76(77)75-38-37-71(53-80(75)88)89-72-43-56(54-84)42-70(52-72)86-55-87(79-35-20-19-34-78(79)86)82-73(67-46-63(58-24-11-5-12-25-58)44-64(47-67)59-26-13-6-14-27-59)32-21-33-74(82)68-48-65(60-28-15-7-16-29-60)45-66(49-68)61-30-17-8-18-31-61/h4-53H,1-3H3. The van der Waals surface area contributed by atoms with E-state index in [1.807, 2.05) is 36.5 Å². The van der Waals surface area contributed by atoms with E-state index in [-0.39, 0.29) is 5.41 Å². The van der Waals surface area contributed by atoms with Gasteiger partial charge in [-0.3, -0.25) is 13.7 Å². The van der Waals surface area contributed by atoms with Crippen LogP contribution < -0.4 is 9.30 Å². The van der Waals surface area contributed by atoms with Crippen molar-refractivity contribution < 1.29 is 9.30 Å². The summed E-state index contributed by atoms with van der Waals surface area (Å²) in [5, 5.41) is 13.1. The Labute approximate surface area is 518 Å². The van der Waals surface area contributed by atoms with Gasteiger partial charge in [0.15, 0.2) is 0 Å². The van der Waals surface area contributed by atoms with Gasteiger partial charge in [0.05, 0.1) is 45.1 Å². The molecule has 6 heteroatoms. The molecule has 0 aliphatic carbocycles. The van der Waals surface area contributed by atoms with Gasteiger partial charge in [0.2, 0.25) is 0 Å². The maximum Gasteiger partial charge on any atom is 0.269 e. The highest BCUT2D eigenvalue weighted by atomic mass is 16.5. The molecule has 15 rings (SSSR count). The molecule has 6 nitrogen and oxygen atoms in total. The Balaban J connectivity index is 0.919. The highest BCUT2D eigenvalue weighted by Crippen LogP contribution is 2.43. The van der Waals surface area contributed by atoms with E-state index in [0.29, 0.717) is 17.1 Å². The van der Waals surface area contributed by atoms with Crippen molar-refractivity contribution in [1.29, 1.82) is 5.26 Å². The lowest BCUT2D eigenvalue weighted by molar-refractivity contribution is -0.571. The SMILES string of the molecule is CC(C)(C)c1ccnc(-n2c3ccc(-c4ccccc4)cc3c3ccc(Oc4cc(C#N)cc(-n5[c-][n+](-c6c(-c7cc(-c8ccccc8)cc(-c8ccccc8)c7)cccc6-c6cc(-c7ccccc7)cc(-c7ccccc7)c6)c6ccccc65)c4)cc32)c1. The second-order valence-electron chi connectivity index (χ2n) is 23.7. The highest BCUT2D eigenvalue weighted by Gasteiger charge is 2.24. The Bertz CT molecular complexity index is 4930. The van der Waals surface area contributed by atoms with Crippen molar-refractivity contribution in [1.82, 2.24) is 14.1 Å². The number of ether oxygens (including phenoxy) is 1. The van der Waals surface area contributed by atoms with Gasteiger partial charge in [-0.1, -0.05) is 221 Å². The van der Waals surface area contributed by atoms with E-state index in [2.05, 4.69) is 314 Å². The molecule has 0 N–H and O–H groups in total. The summed E-state index contributed by atoms with van der Waals surface area (Å²) in [4.78, 5) is 4.99. The van der Waals surface area contributed by atoms with Gasteiger partial charge in [0.25, 0.3) is 6.33 Å². The summed E-state index contributed by atoms with van der Waals surface area (Å²) in [5.74, 6) is 1.95. The largest absolute Gasteiger partial charge is 0.458 e. The summed E-state index contributed by atoms with van der Waals surface area (Å²) in [6.07, 6.45) is 5.83. The van der Waals surface area contributed by atoms with E-state index in [0.717, 1.165) is 128 Å². The number of fused-ring (bicyclic) bond motifs is 4. The average Bonchev–Trinajstić information content (AvgIpc) is 1.97. The summed E-state index contributed by atoms with van der Waals surface area (Å²) in [6.45, 7) is 6.68. The number of benzene rings is 12. The normalized spacial score (nSPS) is 11.5. The topological polar surface area (TPSA) is 59.7 Å². The van der Waals surface area contributed by atoms with Crippen LogP contribution in [-0.2, 0) is 5.41 Å². The number of imidazole rings is 1. The van der Waals surface area contributed by atoms with Gasteiger partial charge >= 0.3 is 0 Å². The molecule has 89 heavy (non-hydrogen) atoms. The van der Waals surface area contributed by atoms with Crippen molar-refractivity contribution in [2.24, 2.45) is 0 Å². The first-order chi connectivity index (χ1) is 43.7. The van der Waals surface area contributed by atoms with Gasteiger partial charge in [0.1, 0.15) is 17.3 Å². The Morgan fingerprint density at radius 1 is 0.404 bits per heavy atom. The smallest absolute Gasteiger partial charge is 0.269 e. The quantitative estimate of drug-likeness (QED) is 0.0905. The molecule has 0 spiro atoms. The third-order valence-electron chi connectivity index (χ3n) is 16.9. The van der Waals surface area contributed by atoms with E-state index in [9.17, 15) is 5.26 Å². The molecular weight excluding hydrogens is 1080 g/mol. The van der Waals surface area contributed by atoms with Crippen LogP contribution in [0.15, 0.2) is 303 Å². The molecule has 3 aromatic heterocycles. The van der Waals surface area contributed by atoms with Gasteiger partial charge in [-0.2, -0.15) is 5.26 Å². The number of nitriles is 1. The molecule has 0 fully saturated rings. The molecule has 422 valence electrons. The van der Waals surface area contributed by atoms with Crippen molar-refractivity contribution in [2.45, 2.75) is 26.2 Å². The second-order valence-corrected chi connectivity index (χ2v) is 23.7. The number of rotatable bonds is 12. The van der Waals surface area contributed by atoms with Crippen molar-refractivity contribution in [3.63, 3.8) is 0 Å². The molecule has 0 saturated heterocycles. The fraction of sp³-hybridized carbons (Fsp3) is 0.0482. The number of para-hydroxylation sites is 3. The maximum atomic E-state index is 10.9. The van der Waals surface area contributed by atoms with E-state index in [4.69, 9.17) is 9.72 Å². The molecule has 12 aromatic carbocycles. The number of pyridine rings is 1. The lowest BCUT2D eigenvalue weighted by atomic mass is 9.88. The third-order valence-corrected chi connectivity index (χ3v) is 16.9. The molecule has 0 aliphatic heterocycles. The molecule has 0 bridgehead atoms. The third kappa shape index (κ3) is 10.4. The summed E-state index contributed by atoms with van der Waals surface area (Å²) in [6, 6.07) is 107. The zero-order chi connectivity index (χ0) is 60.0. The Kier molecular flexibility index (Phi) is 13.7. The van der Waals surface area contributed by atoms with Crippen LogP contribution in [0.5, 0.6) is 11.5 Å². The van der Waals surface area contributed by atoms with Gasteiger partial charge in [-0.25, -0.2) is 4.98 Å². The van der Waals surface area contributed by atoms with Crippen molar-refractivity contribution in [3.8, 4) is 113 Å². The van der Waals surface area contributed by atoms with Crippen LogP contribution in [-0.4, -0.2) is 14.1 Å². The summed E-state index contributed by atoms with van der Waals surface area (Å²) >= 11 is 0. The zero-order valence-electron chi connectivity index (χ0n) is 49.5. The Morgan fingerprint density at radius 2 is 0.921 bits per heavy atom. The monoisotopic (exact) mass is 1140 g/mol. The first-order valence-electron chi connectivity index (χ1n) is 30.1. The molecule has 3 heterocycles. The van der Waals surface area contributed by atoms with Gasteiger partial charge in [0, 0.05) is 23.0 Å². The van der Waals surface area contributed by atoms with Crippen LogP contribution in [0.1, 0.15) is 31.9 Å². The molecule has 0 atom stereocenters. The zero-order valence-corrected chi connectivity index (χ0v) is 49.5. The lowest BCUT2D eigenvalue weighted by Crippen LogP contribution is -2.31. The van der Waals surface area contributed by atoms with Crippen molar-refractivity contribution in [3.05, 3.63) is 321 Å². The number of aromatic nitrogens is 4. The maximum absolute atomic E-state index is 10.9. The Hall–Kier alpha value is -11.7. The molecule has 0 saturated carbocycles. The van der Waals surface area contributed by atoms with Gasteiger partial charge in [-0.15, -0.1) is 0 Å². The minimum atomic E-state index is -0.0930. The summed E-state index contributed by atoms with van der Waals surface area (Å²) < 4.78 is 13.5. The van der Waals surface area contributed by atoms with Crippen LogP contribution in [0.25, 0.3) is 128 Å². The van der Waals surface area contributed by atoms with E-state index < -0.39 is 0 Å².